The van der Waals surface area contributed by atoms with Crippen molar-refractivity contribution in [2.75, 3.05) is 17.2 Å². The van der Waals surface area contributed by atoms with Gasteiger partial charge in [0.1, 0.15) is 0 Å². The second-order valence-corrected chi connectivity index (χ2v) is 5.24. The third kappa shape index (κ3) is 2.58. The fourth-order valence-corrected chi connectivity index (χ4v) is 2.19. The summed E-state index contributed by atoms with van der Waals surface area (Å²) in [6, 6.07) is 5.33. The quantitative estimate of drug-likeness (QED) is 0.786. The molecule has 3 N–H and O–H groups in total. The van der Waals surface area contributed by atoms with Crippen LogP contribution in [0.5, 0.6) is 0 Å². The van der Waals surface area contributed by atoms with Gasteiger partial charge >= 0.3 is 5.97 Å². The molecule has 1 fully saturated rings. The van der Waals surface area contributed by atoms with E-state index in [4.69, 9.17) is 5.73 Å². The summed E-state index contributed by atoms with van der Waals surface area (Å²) in [6.45, 7) is 5.03. The number of para-hydroxylation sites is 1. The molecule has 0 atom stereocenters. The van der Waals surface area contributed by atoms with Gasteiger partial charge in [0.2, 0.25) is 0 Å². The molecule has 2 rings (SSSR count). The number of anilines is 2. The fraction of sp³-hybridized carbons (Fsp3) is 0.500. The van der Waals surface area contributed by atoms with Crippen LogP contribution in [0.15, 0.2) is 18.2 Å². The van der Waals surface area contributed by atoms with Gasteiger partial charge in [-0.3, -0.25) is 0 Å². The van der Waals surface area contributed by atoms with Crippen molar-refractivity contribution in [3.8, 4) is 0 Å². The third-order valence-electron chi connectivity index (χ3n) is 3.36. The molecule has 1 saturated carbocycles. The Bertz CT molecular complexity index is 453. The smallest absolute Gasteiger partial charge is 0.337 e. The lowest BCUT2D eigenvalue weighted by atomic mass is 10.1. The van der Waals surface area contributed by atoms with Crippen molar-refractivity contribution in [2.24, 2.45) is 5.92 Å². The molecule has 98 valence electrons. The molecule has 1 aromatic carbocycles. The summed E-state index contributed by atoms with van der Waals surface area (Å²) in [4.78, 5) is 13.4. The van der Waals surface area contributed by atoms with Crippen LogP contribution in [0.2, 0.25) is 0 Å². The predicted octanol–water partition coefficient (Wildman–Crippen LogP) is 2.59. The molecule has 0 spiro atoms. The molecule has 4 nitrogen and oxygen atoms in total. The van der Waals surface area contributed by atoms with Crippen LogP contribution in [0, 0.1) is 5.92 Å². The molecule has 1 aliphatic rings. The molecule has 18 heavy (non-hydrogen) atoms. The highest BCUT2D eigenvalue weighted by Crippen LogP contribution is 2.36. The Balaban J connectivity index is 2.41. The van der Waals surface area contributed by atoms with Gasteiger partial charge in [-0.25, -0.2) is 4.79 Å². The normalized spacial score (nSPS) is 14.8. The van der Waals surface area contributed by atoms with Crippen LogP contribution in [0.25, 0.3) is 0 Å². The van der Waals surface area contributed by atoms with Crippen LogP contribution >= 0.6 is 0 Å². The van der Waals surface area contributed by atoms with E-state index in [0.717, 1.165) is 6.54 Å². The van der Waals surface area contributed by atoms with Crippen LogP contribution < -0.4 is 10.6 Å². The number of carboxylic acid groups (broad SMARTS) is 1. The first-order valence-electron chi connectivity index (χ1n) is 6.39. The van der Waals surface area contributed by atoms with Crippen molar-refractivity contribution < 1.29 is 9.90 Å². The Morgan fingerprint density at radius 3 is 2.67 bits per heavy atom. The highest BCUT2D eigenvalue weighted by atomic mass is 16.4. The van der Waals surface area contributed by atoms with E-state index in [1.807, 2.05) is 0 Å². The van der Waals surface area contributed by atoms with Crippen molar-refractivity contribution >= 4 is 17.3 Å². The van der Waals surface area contributed by atoms with Crippen molar-refractivity contribution in [1.82, 2.24) is 0 Å². The van der Waals surface area contributed by atoms with E-state index in [-0.39, 0.29) is 6.04 Å². The summed E-state index contributed by atoms with van der Waals surface area (Å²) in [5.74, 6) is -0.229. The number of aromatic carboxylic acids is 1. The molecule has 1 aromatic rings. The molecular formula is C14H20N2O2. The lowest BCUT2D eigenvalue weighted by molar-refractivity contribution is 0.0697. The number of rotatable bonds is 5. The van der Waals surface area contributed by atoms with Gasteiger partial charge in [-0.2, -0.15) is 0 Å². The largest absolute Gasteiger partial charge is 0.478 e. The molecule has 1 aliphatic carbocycles. The van der Waals surface area contributed by atoms with Crippen LogP contribution in [0.4, 0.5) is 11.4 Å². The fourth-order valence-electron chi connectivity index (χ4n) is 2.19. The predicted molar refractivity (Wildman–Crippen MR) is 73.0 cm³/mol. The van der Waals surface area contributed by atoms with Gasteiger partial charge in [0, 0.05) is 12.6 Å². The van der Waals surface area contributed by atoms with E-state index in [1.54, 1.807) is 18.2 Å². The minimum Gasteiger partial charge on any atom is -0.478 e. The van der Waals surface area contributed by atoms with Gasteiger partial charge in [0.25, 0.3) is 0 Å². The van der Waals surface area contributed by atoms with E-state index >= 15 is 0 Å². The number of hydrogen-bond acceptors (Lipinski definition) is 3. The zero-order valence-corrected chi connectivity index (χ0v) is 10.9. The average molecular weight is 248 g/mol. The van der Waals surface area contributed by atoms with E-state index in [2.05, 4.69) is 18.7 Å². The minimum absolute atomic E-state index is 0.244. The zero-order valence-electron chi connectivity index (χ0n) is 10.9. The summed E-state index contributed by atoms with van der Waals surface area (Å²) < 4.78 is 0. The van der Waals surface area contributed by atoms with Crippen LogP contribution in [0.1, 0.15) is 37.0 Å². The lowest BCUT2D eigenvalue weighted by Crippen LogP contribution is -2.34. The molecule has 0 aliphatic heterocycles. The van der Waals surface area contributed by atoms with Crippen molar-refractivity contribution in [3.05, 3.63) is 23.8 Å². The lowest BCUT2D eigenvalue weighted by Gasteiger charge is -2.31. The highest BCUT2D eigenvalue weighted by Gasteiger charge is 2.28. The maximum Gasteiger partial charge on any atom is 0.337 e. The van der Waals surface area contributed by atoms with Crippen molar-refractivity contribution in [3.63, 3.8) is 0 Å². The van der Waals surface area contributed by atoms with Crippen molar-refractivity contribution in [2.45, 2.75) is 32.7 Å². The summed E-state index contributed by atoms with van der Waals surface area (Å²) in [6.07, 6.45) is 2.47. The van der Waals surface area contributed by atoms with Gasteiger partial charge in [0.15, 0.2) is 0 Å². The Labute approximate surface area is 107 Å². The Morgan fingerprint density at radius 2 is 2.17 bits per heavy atom. The van der Waals surface area contributed by atoms with E-state index < -0.39 is 5.97 Å². The SMILES string of the molecule is CC(C)N(CC1CC1)c1c(N)cccc1C(=O)O. The first kappa shape index (κ1) is 12.7. The molecule has 0 unspecified atom stereocenters. The minimum atomic E-state index is -0.918. The average Bonchev–Trinajstić information content (AvgIpc) is 3.09. The van der Waals surface area contributed by atoms with Gasteiger partial charge in [0.05, 0.1) is 16.9 Å². The molecule has 0 aromatic heterocycles. The first-order chi connectivity index (χ1) is 8.50. The molecule has 0 heterocycles. The monoisotopic (exact) mass is 248 g/mol. The van der Waals surface area contributed by atoms with E-state index in [1.165, 1.54) is 12.8 Å². The van der Waals surface area contributed by atoms with Crippen LogP contribution in [-0.2, 0) is 0 Å². The molecule has 4 heteroatoms. The van der Waals surface area contributed by atoms with Crippen LogP contribution in [0.3, 0.4) is 0 Å². The molecular weight excluding hydrogens is 228 g/mol. The molecule has 0 saturated heterocycles. The Hall–Kier alpha value is -1.71. The molecule has 0 bridgehead atoms. The van der Waals surface area contributed by atoms with E-state index in [0.29, 0.717) is 22.9 Å². The topological polar surface area (TPSA) is 66.6 Å². The number of carboxylic acids is 1. The number of nitrogens with two attached hydrogens (primary N) is 1. The highest BCUT2D eigenvalue weighted by molar-refractivity contribution is 5.98. The first-order valence-corrected chi connectivity index (χ1v) is 6.39. The van der Waals surface area contributed by atoms with Gasteiger partial charge < -0.3 is 15.7 Å². The third-order valence-corrected chi connectivity index (χ3v) is 3.36. The van der Waals surface area contributed by atoms with Crippen LogP contribution in [-0.4, -0.2) is 23.7 Å². The standard InChI is InChI=1S/C14H20N2O2/c1-9(2)16(8-10-6-7-10)13-11(14(17)18)4-3-5-12(13)15/h3-5,9-10H,6-8,15H2,1-2H3,(H,17,18). The number of nitrogens with zero attached hydrogens (tertiary/aromatic N) is 1. The second kappa shape index (κ2) is 4.88. The second-order valence-electron chi connectivity index (χ2n) is 5.24. The number of hydrogen-bond donors (Lipinski definition) is 2. The van der Waals surface area contributed by atoms with Crippen molar-refractivity contribution in [1.29, 1.82) is 0 Å². The van der Waals surface area contributed by atoms with Gasteiger partial charge in [-0.1, -0.05) is 6.07 Å². The number of carbonyl (C=O) groups is 1. The maximum atomic E-state index is 11.3. The maximum absolute atomic E-state index is 11.3. The van der Waals surface area contributed by atoms with Gasteiger partial charge in [-0.15, -0.1) is 0 Å². The van der Waals surface area contributed by atoms with Gasteiger partial charge in [-0.05, 0) is 44.7 Å². The molecule has 0 radical (unpaired) electrons. The summed E-state index contributed by atoms with van der Waals surface area (Å²) in [5, 5.41) is 9.29. The summed E-state index contributed by atoms with van der Waals surface area (Å²) in [7, 11) is 0. The zero-order chi connectivity index (χ0) is 13.3. The molecule has 0 amide bonds. The Morgan fingerprint density at radius 1 is 1.50 bits per heavy atom. The summed E-state index contributed by atoms with van der Waals surface area (Å²) >= 11 is 0. The number of nitrogen functional groups attached to an aromatic ring is 1. The summed E-state index contributed by atoms with van der Waals surface area (Å²) in [5.41, 5.74) is 7.50. The van der Waals surface area contributed by atoms with E-state index in [9.17, 15) is 9.90 Å². The number of benzene rings is 1. The Kier molecular flexibility index (Phi) is 3.45.